The Morgan fingerprint density at radius 1 is 1.60 bits per heavy atom. The third-order valence-electron chi connectivity index (χ3n) is 2.29. The predicted octanol–water partition coefficient (Wildman–Crippen LogP) is 0.310. The van der Waals surface area contributed by atoms with Crippen molar-refractivity contribution >= 4 is 5.84 Å². The summed E-state index contributed by atoms with van der Waals surface area (Å²) in [4.78, 5) is 0. The Balaban J connectivity index is 2.50. The first-order valence-electron chi connectivity index (χ1n) is 3.77. The van der Waals surface area contributed by atoms with Crippen LogP contribution in [0.4, 0.5) is 0 Å². The molecule has 1 fully saturated rings. The number of hydrogen-bond donors (Lipinski definition) is 3. The van der Waals surface area contributed by atoms with Crippen LogP contribution in [-0.4, -0.2) is 18.9 Å². The smallest absolute Gasteiger partial charge is 0.0952 e. The highest BCUT2D eigenvalue weighted by Crippen LogP contribution is 2.24. The van der Waals surface area contributed by atoms with Gasteiger partial charge in [-0.3, -0.25) is 5.41 Å². The van der Waals surface area contributed by atoms with Gasteiger partial charge in [0.05, 0.1) is 5.84 Å². The summed E-state index contributed by atoms with van der Waals surface area (Å²) in [6.07, 6.45) is 3.46. The highest BCUT2D eigenvalue weighted by Gasteiger charge is 2.27. The number of nitrogens with two attached hydrogens (primary N) is 1. The average Bonchev–Trinajstić information content (AvgIpc) is 2.33. The van der Waals surface area contributed by atoms with Crippen LogP contribution in [0.15, 0.2) is 0 Å². The van der Waals surface area contributed by atoms with E-state index in [4.69, 9.17) is 11.1 Å². The second kappa shape index (κ2) is 3.01. The summed E-state index contributed by atoms with van der Waals surface area (Å²) < 4.78 is 0. The summed E-state index contributed by atoms with van der Waals surface area (Å²) in [5, 5.41) is 10.4. The molecule has 0 amide bonds. The van der Waals surface area contributed by atoms with Gasteiger partial charge in [0.1, 0.15) is 0 Å². The van der Waals surface area contributed by atoms with Crippen LogP contribution >= 0.6 is 0 Å². The summed E-state index contributed by atoms with van der Waals surface area (Å²) in [5.74, 6) is 0.641. The first-order chi connectivity index (χ1) is 4.75. The number of hydrogen-bond acceptors (Lipinski definition) is 2. The zero-order valence-electron chi connectivity index (χ0n) is 6.35. The van der Waals surface area contributed by atoms with Crippen molar-refractivity contribution in [1.82, 2.24) is 5.32 Å². The Labute approximate surface area is 61.5 Å². The Bertz CT molecular complexity index is 133. The zero-order chi connectivity index (χ0) is 7.56. The molecule has 0 heterocycles. The van der Waals surface area contributed by atoms with Crippen LogP contribution in [0.5, 0.6) is 0 Å². The van der Waals surface area contributed by atoms with Crippen molar-refractivity contribution < 1.29 is 0 Å². The molecule has 4 N–H and O–H groups in total. The van der Waals surface area contributed by atoms with Crippen LogP contribution in [0, 0.1) is 11.3 Å². The quantitative estimate of drug-likeness (QED) is 0.383. The normalized spacial score (nSPS) is 32.5. The topological polar surface area (TPSA) is 61.9 Å². The van der Waals surface area contributed by atoms with Crippen molar-refractivity contribution in [3.05, 3.63) is 0 Å². The van der Waals surface area contributed by atoms with Gasteiger partial charge in [-0.2, -0.15) is 0 Å². The molecule has 0 unspecified atom stereocenters. The maximum Gasteiger partial charge on any atom is 0.0952 e. The maximum atomic E-state index is 7.26. The first kappa shape index (κ1) is 7.54. The summed E-state index contributed by atoms with van der Waals surface area (Å²) in [6, 6.07) is 0.456. The Hall–Kier alpha value is -0.570. The van der Waals surface area contributed by atoms with E-state index in [2.05, 4.69) is 5.32 Å². The van der Waals surface area contributed by atoms with Gasteiger partial charge in [-0.1, -0.05) is 6.42 Å². The van der Waals surface area contributed by atoms with Crippen molar-refractivity contribution in [1.29, 1.82) is 5.41 Å². The van der Waals surface area contributed by atoms with Gasteiger partial charge in [0.15, 0.2) is 0 Å². The Kier molecular flexibility index (Phi) is 2.27. The van der Waals surface area contributed by atoms with Gasteiger partial charge >= 0.3 is 0 Å². The van der Waals surface area contributed by atoms with E-state index in [9.17, 15) is 0 Å². The number of nitrogens with one attached hydrogen (secondary N) is 2. The minimum atomic E-state index is 0.296. The monoisotopic (exact) mass is 141 g/mol. The van der Waals surface area contributed by atoms with Crippen molar-refractivity contribution in [2.45, 2.75) is 25.3 Å². The Morgan fingerprint density at radius 2 is 2.30 bits per heavy atom. The van der Waals surface area contributed by atoms with Crippen molar-refractivity contribution in [2.24, 2.45) is 11.7 Å². The van der Waals surface area contributed by atoms with Crippen molar-refractivity contribution in [3.8, 4) is 0 Å². The number of rotatable bonds is 2. The molecule has 0 aromatic heterocycles. The van der Waals surface area contributed by atoms with Gasteiger partial charge in [0, 0.05) is 12.0 Å². The lowest BCUT2D eigenvalue weighted by Gasteiger charge is -2.16. The predicted molar refractivity (Wildman–Crippen MR) is 42.1 cm³/mol. The molecular weight excluding hydrogens is 126 g/mol. The fourth-order valence-electron chi connectivity index (χ4n) is 1.68. The first-order valence-corrected chi connectivity index (χ1v) is 3.77. The van der Waals surface area contributed by atoms with Crippen molar-refractivity contribution in [3.63, 3.8) is 0 Å². The molecule has 0 bridgehead atoms. The summed E-state index contributed by atoms with van der Waals surface area (Å²) in [5.41, 5.74) is 5.41. The van der Waals surface area contributed by atoms with Crippen LogP contribution < -0.4 is 11.1 Å². The molecule has 1 aliphatic carbocycles. The molecule has 3 nitrogen and oxygen atoms in total. The molecule has 0 saturated heterocycles. The van der Waals surface area contributed by atoms with Crippen LogP contribution in [-0.2, 0) is 0 Å². The SMILES string of the molecule is CN[C@H]1CCC[C@H]1C(=N)N. The molecule has 0 aliphatic heterocycles. The van der Waals surface area contributed by atoms with E-state index in [1.54, 1.807) is 0 Å². The molecule has 0 spiro atoms. The van der Waals surface area contributed by atoms with Crippen LogP contribution in [0.3, 0.4) is 0 Å². The van der Waals surface area contributed by atoms with E-state index in [0.29, 0.717) is 17.8 Å². The fourth-order valence-corrected chi connectivity index (χ4v) is 1.68. The second-order valence-corrected chi connectivity index (χ2v) is 2.89. The minimum absolute atomic E-state index is 0.296. The molecule has 58 valence electrons. The summed E-state index contributed by atoms with van der Waals surface area (Å²) in [6.45, 7) is 0. The van der Waals surface area contributed by atoms with E-state index >= 15 is 0 Å². The van der Waals surface area contributed by atoms with E-state index in [1.807, 2.05) is 7.05 Å². The highest BCUT2D eigenvalue weighted by atomic mass is 14.9. The lowest BCUT2D eigenvalue weighted by molar-refractivity contribution is 0.516. The van der Waals surface area contributed by atoms with Crippen LogP contribution in [0.1, 0.15) is 19.3 Å². The van der Waals surface area contributed by atoms with E-state index < -0.39 is 0 Å². The summed E-state index contributed by atoms with van der Waals surface area (Å²) in [7, 11) is 1.94. The van der Waals surface area contributed by atoms with Crippen LogP contribution in [0.25, 0.3) is 0 Å². The van der Waals surface area contributed by atoms with Gasteiger partial charge in [-0.25, -0.2) is 0 Å². The standard InChI is InChI=1S/C7H15N3/c1-10-6-4-2-3-5(6)7(8)9/h5-6,10H,2-4H2,1H3,(H3,8,9)/t5-,6+/m1/s1. The average molecular weight is 141 g/mol. The molecule has 10 heavy (non-hydrogen) atoms. The molecule has 1 rings (SSSR count). The molecule has 3 heteroatoms. The lowest BCUT2D eigenvalue weighted by atomic mass is 10.0. The molecule has 0 aromatic carbocycles. The van der Waals surface area contributed by atoms with Gasteiger partial charge < -0.3 is 11.1 Å². The van der Waals surface area contributed by atoms with Crippen LogP contribution in [0.2, 0.25) is 0 Å². The third-order valence-corrected chi connectivity index (χ3v) is 2.29. The third kappa shape index (κ3) is 1.29. The molecule has 1 saturated carbocycles. The van der Waals surface area contributed by atoms with Gasteiger partial charge in [-0.05, 0) is 19.9 Å². The maximum absolute atomic E-state index is 7.26. The number of amidine groups is 1. The van der Waals surface area contributed by atoms with E-state index in [1.165, 1.54) is 12.8 Å². The lowest BCUT2D eigenvalue weighted by Crippen LogP contribution is -2.36. The largest absolute Gasteiger partial charge is 0.387 e. The molecular formula is C7H15N3. The molecule has 1 aliphatic rings. The molecule has 0 radical (unpaired) electrons. The van der Waals surface area contributed by atoms with E-state index in [0.717, 1.165) is 6.42 Å². The van der Waals surface area contributed by atoms with Gasteiger partial charge in [0.2, 0.25) is 0 Å². The summed E-state index contributed by atoms with van der Waals surface area (Å²) >= 11 is 0. The second-order valence-electron chi connectivity index (χ2n) is 2.89. The Morgan fingerprint density at radius 3 is 2.70 bits per heavy atom. The van der Waals surface area contributed by atoms with Gasteiger partial charge in [0.25, 0.3) is 0 Å². The van der Waals surface area contributed by atoms with E-state index in [-0.39, 0.29) is 0 Å². The fraction of sp³-hybridized carbons (Fsp3) is 0.857. The highest BCUT2D eigenvalue weighted by molar-refractivity contribution is 5.80. The molecule has 0 aromatic rings. The van der Waals surface area contributed by atoms with Crippen molar-refractivity contribution in [2.75, 3.05) is 7.05 Å². The zero-order valence-corrected chi connectivity index (χ0v) is 6.35. The minimum Gasteiger partial charge on any atom is -0.387 e. The molecule has 2 atom stereocenters. The van der Waals surface area contributed by atoms with Gasteiger partial charge in [-0.15, -0.1) is 0 Å².